The van der Waals surface area contributed by atoms with Crippen molar-refractivity contribution in [2.24, 2.45) is 5.92 Å². The van der Waals surface area contributed by atoms with Gasteiger partial charge in [-0.05, 0) is 24.6 Å². The number of carbonyl (C=O) groups excluding carboxylic acids is 2. The fourth-order valence-corrected chi connectivity index (χ4v) is 2.91. The Labute approximate surface area is 153 Å². The van der Waals surface area contributed by atoms with Crippen LogP contribution in [0.2, 0.25) is 0 Å². The van der Waals surface area contributed by atoms with E-state index >= 15 is 0 Å². The molecule has 0 spiro atoms. The Morgan fingerprint density at radius 1 is 0.962 bits per heavy atom. The maximum atomic E-state index is 12.5. The van der Waals surface area contributed by atoms with Gasteiger partial charge in [-0.1, -0.05) is 59.9 Å². The molecule has 1 atom stereocenters. The largest absolute Gasteiger partial charge is 0.422 e. The molecule has 1 fully saturated rings. The molecule has 2 aromatic carbocycles. The number of aryl methyl sites for hydroxylation is 1. The van der Waals surface area contributed by atoms with Gasteiger partial charge in [-0.15, -0.1) is 0 Å². The van der Waals surface area contributed by atoms with Crippen molar-refractivity contribution in [3.05, 3.63) is 71.3 Å². The Morgan fingerprint density at radius 3 is 2.23 bits per heavy atom. The van der Waals surface area contributed by atoms with Crippen LogP contribution in [0.5, 0.6) is 0 Å². The molecule has 0 amide bonds. The highest BCUT2D eigenvalue weighted by Gasteiger charge is 2.47. The van der Waals surface area contributed by atoms with Crippen LogP contribution in [0.3, 0.4) is 0 Å². The van der Waals surface area contributed by atoms with Crippen molar-refractivity contribution in [2.75, 3.05) is 0 Å². The zero-order valence-electron chi connectivity index (χ0n) is 15.0. The summed E-state index contributed by atoms with van der Waals surface area (Å²) in [5.41, 5.74) is 2.61. The maximum Gasteiger partial charge on any atom is 0.325 e. The van der Waals surface area contributed by atoms with E-state index in [1.165, 1.54) is 13.8 Å². The van der Waals surface area contributed by atoms with Gasteiger partial charge in [0.05, 0.1) is 5.92 Å². The van der Waals surface area contributed by atoms with Gasteiger partial charge < -0.3 is 9.47 Å². The summed E-state index contributed by atoms with van der Waals surface area (Å²) in [5, 5.41) is 0. The normalized spacial score (nSPS) is 17.5. The van der Waals surface area contributed by atoms with E-state index in [-0.39, 0.29) is 0 Å². The average Bonchev–Trinajstić information content (AvgIpc) is 2.57. The summed E-state index contributed by atoms with van der Waals surface area (Å²) in [7, 11) is 0. The molecule has 0 bridgehead atoms. The van der Waals surface area contributed by atoms with Gasteiger partial charge in [0.25, 0.3) is 5.79 Å². The highest BCUT2D eigenvalue weighted by Crippen LogP contribution is 2.33. The second-order valence-electron chi connectivity index (χ2n) is 6.75. The van der Waals surface area contributed by atoms with Gasteiger partial charge in [0.15, 0.2) is 5.92 Å². The zero-order valence-corrected chi connectivity index (χ0v) is 15.0. The van der Waals surface area contributed by atoms with Gasteiger partial charge in [-0.25, -0.2) is 0 Å². The molecule has 1 saturated heterocycles. The van der Waals surface area contributed by atoms with Crippen LogP contribution < -0.4 is 0 Å². The Bertz CT molecular complexity index is 867. The number of rotatable bonds is 2. The van der Waals surface area contributed by atoms with Crippen LogP contribution in [0.25, 0.3) is 0 Å². The van der Waals surface area contributed by atoms with Crippen molar-refractivity contribution in [1.29, 1.82) is 0 Å². The molecule has 1 aliphatic rings. The first kappa shape index (κ1) is 17.8. The first-order valence-electron chi connectivity index (χ1n) is 8.44. The minimum Gasteiger partial charge on any atom is -0.422 e. The lowest BCUT2D eigenvalue weighted by Gasteiger charge is -2.34. The van der Waals surface area contributed by atoms with E-state index in [2.05, 4.69) is 11.8 Å². The molecular weight excluding hydrogens is 328 g/mol. The van der Waals surface area contributed by atoms with Crippen molar-refractivity contribution in [2.45, 2.75) is 32.5 Å². The van der Waals surface area contributed by atoms with E-state index < -0.39 is 29.6 Å². The van der Waals surface area contributed by atoms with Gasteiger partial charge in [0, 0.05) is 19.4 Å². The molecule has 0 unspecified atom stereocenters. The summed E-state index contributed by atoms with van der Waals surface area (Å²) in [6.45, 7) is 5.03. The van der Waals surface area contributed by atoms with Crippen LogP contribution in [0.15, 0.2) is 54.6 Å². The van der Waals surface area contributed by atoms with Gasteiger partial charge in [0.1, 0.15) is 0 Å². The van der Waals surface area contributed by atoms with Crippen molar-refractivity contribution < 1.29 is 19.1 Å². The topological polar surface area (TPSA) is 52.6 Å². The van der Waals surface area contributed by atoms with Crippen LogP contribution >= 0.6 is 0 Å². The second-order valence-corrected chi connectivity index (χ2v) is 6.75. The van der Waals surface area contributed by atoms with E-state index in [1.807, 2.05) is 61.5 Å². The van der Waals surface area contributed by atoms with E-state index in [9.17, 15) is 9.59 Å². The third kappa shape index (κ3) is 3.94. The predicted octanol–water partition coefficient (Wildman–Crippen LogP) is 3.58. The molecule has 0 saturated carbocycles. The van der Waals surface area contributed by atoms with E-state index in [4.69, 9.17) is 9.47 Å². The molecule has 2 aromatic rings. The molecular formula is C22H20O4. The number of carbonyl (C=O) groups is 2. The smallest absolute Gasteiger partial charge is 0.325 e. The lowest BCUT2D eigenvalue weighted by Crippen LogP contribution is -2.48. The van der Waals surface area contributed by atoms with E-state index in [0.29, 0.717) is 0 Å². The molecule has 0 aliphatic carbocycles. The summed E-state index contributed by atoms with van der Waals surface area (Å²) in [4.78, 5) is 25.1. The number of hydrogen-bond donors (Lipinski definition) is 0. The van der Waals surface area contributed by atoms with Crippen molar-refractivity contribution in [1.82, 2.24) is 0 Å². The van der Waals surface area contributed by atoms with Crippen LogP contribution in [0, 0.1) is 24.7 Å². The molecule has 1 heterocycles. The number of hydrogen-bond acceptors (Lipinski definition) is 4. The lowest BCUT2D eigenvalue weighted by molar-refractivity contribution is -0.240. The third-order valence-electron chi connectivity index (χ3n) is 4.08. The molecule has 0 aromatic heterocycles. The standard InChI is InChI=1S/C22H20O4/c1-15-8-7-11-17(14-15)18(13-12-16-9-5-4-6-10-16)19-20(23)25-22(2,3)26-21(19)24/h4-11,14,18-19H,1-3H3/t18-/m1/s1. The van der Waals surface area contributed by atoms with Crippen molar-refractivity contribution in [3.63, 3.8) is 0 Å². The SMILES string of the molecule is Cc1cccc([C@@H](C#Cc2ccccc2)C2C(=O)OC(C)(C)OC2=O)c1. The number of cyclic esters (lactones) is 2. The highest BCUT2D eigenvalue weighted by atomic mass is 16.7. The van der Waals surface area contributed by atoms with Crippen LogP contribution in [-0.4, -0.2) is 17.7 Å². The Morgan fingerprint density at radius 2 is 1.62 bits per heavy atom. The minimum absolute atomic E-state index is 0.611. The Kier molecular flexibility index (Phi) is 4.81. The van der Waals surface area contributed by atoms with Crippen LogP contribution in [0.4, 0.5) is 0 Å². The first-order chi connectivity index (χ1) is 12.4. The van der Waals surface area contributed by atoms with E-state index in [0.717, 1.165) is 16.7 Å². The summed E-state index contributed by atoms with van der Waals surface area (Å²) in [6.07, 6.45) is 0. The average molecular weight is 348 g/mol. The fraction of sp³-hybridized carbons (Fsp3) is 0.273. The molecule has 26 heavy (non-hydrogen) atoms. The summed E-state index contributed by atoms with van der Waals surface area (Å²) in [5.74, 6) is 1.91. The zero-order chi connectivity index (χ0) is 18.7. The molecule has 0 N–H and O–H groups in total. The van der Waals surface area contributed by atoms with Crippen molar-refractivity contribution in [3.8, 4) is 11.8 Å². The molecule has 132 valence electrons. The second kappa shape index (κ2) is 7.05. The van der Waals surface area contributed by atoms with Crippen LogP contribution in [0.1, 0.15) is 36.5 Å². The Hall–Kier alpha value is -3.06. The lowest BCUT2D eigenvalue weighted by atomic mass is 9.85. The third-order valence-corrected chi connectivity index (χ3v) is 4.08. The quantitative estimate of drug-likeness (QED) is 0.473. The fourth-order valence-electron chi connectivity index (χ4n) is 2.91. The molecule has 0 radical (unpaired) electrons. The summed E-state index contributed by atoms with van der Waals surface area (Å²) in [6, 6.07) is 17.0. The number of benzene rings is 2. The predicted molar refractivity (Wildman–Crippen MR) is 97.0 cm³/mol. The summed E-state index contributed by atoms with van der Waals surface area (Å²) < 4.78 is 10.6. The Balaban J connectivity index is 2.02. The molecule has 4 nitrogen and oxygen atoms in total. The van der Waals surface area contributed by atoms with E-state index in [1.54, 1.807) is 0 Å². The number of ether oxygens (including phenoxy) is 2. The maximum absolute atomic E-state index is 12.5. The summed E-state index contributed by atoms with van der Waals surface area (Å²) >= 11 is 0. The first-order valence-corrected chi connectivity index (χ1v) is 8.44. The van der Waals surface area contributed by atoms with Crippen molar-refractivity contribution >= 4 is 11.9 Å². The monoisotopic (exact) mass is 348 g/mol. The molecule has 4 heteroatoms. The van der Waals surface area contributed by atoms with Gasteiger partial charge >= 0.3 is 11.9 Å². The number of esters is 2. The minimum atomic E-state index is -1.26. The van der Waals surface area contributed by atoms with Gasteiger partial charge in [-0.3, -0.25) is 9.59 Å². The molecule has 1 aliphatic heterocycles. The van der Waals surface area contributed by atoms with Gasteiger partial charge in [0.2, 0.25) is 0 Å². The molecule has 3 rings (SSSR count). The van der Waals surface area contributed by atoms with Crippen LogP contribution in [-0.2, 0) is 19.1 Å². The van der Waals surface area contributed by atoms with Gasteiger partial charge in [-0.2, -0.15) is 0 Å². The highest BCUT2D eigenvalue weighted by molar-refractivity contribution is 5.98.